The van der Waals surface area contributed by atoms with E-state index in [0.29, 0.717) is 0 Å². The monoisotopic (exact) mass is 238 g/mol. The van der Waals surface area contributed by atoms with E-state index in [1.54, 1.807) is 24.4 Å². The zero-order valence-electron chi connectivity index (χ0n) is 9.45. The van der Waals surface area contributed by atoms with Gasteiger partial charge in [0.15, 0.2) is 0 Å². The topological polar surface area (TPSA) is 54.6 Å². The van der Waals surface area contributed by atoms with Gasteiger partial charge in [-0.2, -0.15) is 0 Å². The second kappa shape index (κ2) is 4.00. The van der Waals surface area contributed by atoms with Gasteiger partial charge in [0, 0.05) is 11.8 Å². The van der Waals surface area contributed by atoms with Crippen LogP contribution in [0.2, 0.25) is 0 Å². The Morgan fingerprint density at radius 3 is 2.89 bits per heavy atom. The van der Waals surface area contributed by atoms with Gasteiger partial charge in [0.2, 0.25) is 0 Å². The van der Waals surface area contributed by atoms with E-state index >= 15 is 0 Å². The normalized spacial score (nSPS) is 10.7. The van der Waals surface area contributed by atoms with E-state index in [9.17, 15) is 4.79 Å². The molecule has 3 rings (SSSR count). The van der Waals surface area contributed by atoms with Crippen LogP contribution in [-0.4, -0.2) is 20.5 Å². The molecule has 0 atom stereocenters. The molecule has 0 aliphatic heterocycles. The van der Waals surface area contributed by atoms with Gasteiger partial charge in [-0.1, -0.05) is 18.2 Å². The fourth-order valence-corrected chi connectivity index (χ4v) is 1.95. The van der Waals surface area contributed by atoms with Crippen LogP contribution in [0.15, 0.2) is 54.9 Å². The van der Waals surface area contributed by atoms with Gasteiger partial charge in [-0.3, -0.25) is 4.40 Å². The van der Waals surface area contributed by atoms with Gasteiger partial charge in [-0.25, -0.2) is 9.78 Å². The number of carboxylic acids is 1. The first kappa shape index (κ1) is 10.5. The van der Waals surface area contributed by atoms with Crippen molar-refractivity contribution in [1.82, 2.24) is 9.38 Å². The molecule has 4 heteroatoms. The van der Waals surface area contributed by atoms with E-state index in [1.165, 1.54) is 0 Å². The summed E-state index contributed by atoms with van der Waals surface area (Å²) in [6.07, 6.45) is 3.67. The molecule has 0 saturated heterocycles. The molecule has 2 aromatic heterocycles. The van der Waals surface area contributed by atoms with Crippen LogP contribution in [0.4, 0.5) is 0 Å². The zero-order valence-corrected chi connectivity index (χ0v) is 9.45. The summed E-state index contributed by atoms with van der Waals surface area (Å²) in [6.45, 7) is 0. The minimum absolute atomic E-state index is 0.264. The van der Waals surface area contributed by atoms with Gasteiger partial charge >= 0.3 is 5.97 Å². The van der Waals surface area contributed by atoms with Crippen LogP contribution in [-0.2, 0) is 0 Å². The van der Waals surface area contributed by atoms with Gasteiger partial charge in [0.25, 0.3) is 0 Å². The Labute approximate surface area is 103 Å². The predicted octanol–water partition coefficient (Wildman–Crippen LogP) is 2.70. The molecule has 18 heavy (non-hydrogen) atoms. The largest absolute Gasteiger partial charge is 0.478 e. The van der Waals surface area contributed by atoms with E-state index in [4.69, 9.17) is 5.11 Å². The lowest BCUT2D eigenvalue weighted by Crippen LogP contribution is -1.97. The van der Waals surface area contributed by atoms with Crippen molar-refractivity contribution >= 4 is 11.5 Å². The first-order valence-electron chi connectivity index (χ1n) is 5.51. The van der Waals surface area contributed by atoms with Crippen molar-refractivity contribution < 1.29 is 9.90 Å². The lowest BCUT2D eigenvalue weighted by atomic mass is 10.1. The number of carboxylic acid groups (broad SMARTS) is 1. The van der Waals surface area contributed by atoms with Crippen molar-refractivity contribution in [2.24, 2.45) is 0 Å². The van der Waals surface area contributed by atoms with E-state index in [1.807, 2.05) is 34.9 Å². The second-order valence-electron chi connectivity index (χ2n) is 3.96. The molecule has 0 spiro atoms. The zero-order chi connectivity index (χ0) is 12.5. The average Bonchev–Trinajstić information content (AvgIpc) is 2.82. The first-order chi connectivity index (χ1) is 8.75. The number of imidazole rings is 1. The van der Waals surface area contributed by atoms with Gasteiger partial charge < -0.3 is 5.11 Å². The number of benzene rings is 1. The van der Waals surface area contributed by atoms with Crippen LogP contribution in [0.5, 0.6) is 0 Å². The Balaban J connectivity index is 2.20. The average molecular weight is 238 g/mol. The molecule has 0 aliphatic rings. The summed E-state index contributed by atoms with van der Waals surface area (Å²) in [5.74, 6) is -0.189. The maximum Gasteiger partial charge on any atom is 0.335 e. The van der Waals surface area contributed by atoms with Crippen molar-refractivity contribution in [2.45, 2.75) is 0 Å². The molecule has 1 N–H and O–H groups in total. The van der Waals surface area contributed by atoms with E-state index in [-0.39, 0.29) is 5.56 Å². The Morgan fingerprint density at radius 1 is 1.17 bits per heavy atom. The van der Waals surface area contributed by atoms with Crippen molar-refractivity contribution in [2.75, 3.05) is 0 Å². The number of aromatic nitrogens is 2. The molecule has 0 unspecified atom stereocenters. The van der Waals surface area contributed by atoms with E-state index in [0.717, 1.165) is 16.9 Å². The van der Waals surface area contributed by atoms with Crippen molar-refractivity contribution in [3.05, 3.63) is 60.4 Å². The third-order valence-corrected chi connectivity index (χ3v) is 2.81. The maximum absolute atomic E-state index is 11.0. The number of pyridine rings is 1. The number of hydrogen-bond donors (Lipinski definition) is 1. The highest BCUT2D eigenvalue weighted by atomic mass is 16.4. The third kappa shape index (κ3) is 1.64. The fourth-order valence-electron chi connectivity index (χ4n) is 1.95. The minimum atomic E-state index is -0.933. The lowest BCUT2D eigenvalue weighted by molar-refractivity contribution is 0.0697. The Morgan fingerprint density at radius 2 is 2.06 bits per heavy atom. The third-order valence-electron chi connectivity index (χ3n) is 2.81. The van der Waals surface area contributed by atoms with Gasteiger partial charge in [-0.05, 0) is 24.3 Å². The van der Waals surface area contributed by atoms with Crippen LogP contribution in [0.1, 0.15) is 10.4 Å². The highest BCUT2D eigenvalue weighted by molar-refractivity contribution is 5.89. The summed E-state index contributed by atoms with van der Waals surface area (Å²) in [7, 11) is 0. The van der Waals surface area contributed by atoms with Crippen molar-refractivity contribution in [3.63, 3.8) is 0 Å². The number of rotatable bonds is 2. The summed E-state index contributed by atoms with van der Waals surface area (Å²) >= 11 is 0. The second-order valence-corrected chi connectivity index (χ2v) is 3.96. The number of fused-ring (bicyclic) bond motifs is 1. The molecule has 3 aromatic rings. The number of nitrogens with zero attached hydrogens (tertiary/aromatic N) is 2. The highest BCUT2D eigenvalue weighted by Gasteiger charge is 2.08. The van der Waals surface area contributed by atoms with Crippen molar-refractivity contribution in [1.29, 1.82) is 0 Å². The van der Waals surface area contributed by atoms with Gasteiger partial charge in [0.1, 0.15) is 5.82 Å². The number of aromatic carboxylic acids is 1. The molecule has 4 nitrogen and oxygen atoms in total. The minimum Gasteiger partial charge on any atom is -0.478 e. The van der Waals surface area contributed by atoms with Gasteiger partial charge in [0.05, 0.1) is 17.3 Å². The fraction of sp³-hybridized carbons (Fsp3) is 0. The molecule has 0 bridgehead atoms. The Hall–Kier alpha value is -2.62. The molecule has 0 fully saturated rings. The van der Waals surface area contributed by atoms with E-state index < -0.39 is 5.97 Å². The molecule has 0 saturated carbocycles. The van der Waals surface area contributed by atoms with Crippen LogP contribution < -0.4 is 0 Å². The molecule has 1 aromatic carbocycles. The molecule has 0 aliphatic carbocycles. The van der Waals surface area contributed by atoms with Crippen LogP contribution >= 0.6 is 0 Å². The summed E-state index contributed by atoms with van der Waals surface area (Å²) in [5, 5.41) is 8.99. The molecular formula is C14H10N2O2. The highest BCUT2D eigenvalue weighted by Crippen LogP contribution is 2.20. The standard InChI is InChI=1S/C14H10N2O2/c17-14(18)11-5-3-4-10(8-11)13-15-9-12-6-1-2-7-16(12)13/h1-9H,(H,17,18). The van der Waals surface area contributed by atoms with Crippen molar-refractivity contribution in [3.8, 4) is 11.4 Å². The molecule has 0 amide bonds. The maximum atomic E-state index is 11.0. The Bertz CT molecular complexity index is 731. The number of carbonyl (C=O) groups is 1. The lowest BCUT2D eigenvalue weighted by Gasteiger charge is -2.02. The first-order valence-corrected chi connectivity index (χ1v) is 5.51. The van der Waals surface area contributed by atoms with Crippen LogP contribution in [0.25, 0.3) is 16.9 Å². The van der Waals surface area contributed by atoms with E-state index in [2.05, 4.69) is 4.98 Å². The Kier molecular flexibility index (Phi) is 2.34. The summed E-state index contributed by atoms with van der Waals surface area (Å²) in [5.41, 5.74) is 2.04. The summed E-state index contributed by atoms with van der Waals surface area (Å²) < 4.78 is 1.93. The SMILES string of the molecule is O=C(O)c1cccc(-c2ncc3ccccn23)c1. The summed E-state index contributed by atoms with van der Waals surface area (Å²) in [4.78, 5) is 15.3. The van der Waals surface area contributed by atoms with Crippen LogP contribution in [0.3, 0.4) is 0 Å². The summed E-state index contributed by atoms with van der Waals surface area (Å²) in [6, 6.07) is 12.6. The van der Waals surface area contributed by atoms with Gasteiger partial charge in [-0.15, -0.1) is 0 Å². The predicted molar refractivity (Wildman–Crippen MR) is 67.6 cm³/mol. The molecular weight excluding hydrogens is 228 g/mol. The molecule has 88 valence electrons. The number of hydrogen-bond acceptors (Lipinski definition) is 2. The quantitative estimate of drug-likeness (QED) is 0.746. The van der Waals surface area contributed by atoms with Crippen LogP contribution in [0, 0.1) is 0 Å². The smallest absolute Gasteiger partial charge is 0.335 e. The molecule has 2 heterocycles. The molecule has 0 radical (unpaired) electrons.